The molecule has 0 aliphatic rings. The largest absolute Gasteiger partial charge is 0.371 e. The topological polar surface area (TPSA) is 43.7 Å². The Balaban J connectivity index is 3.29. The lowest BCUT2D eigenvalue weighted by molar-refractivity contribution is -0.0201. The highest BCUT2D eigenvalue weighted by Gasteiger charge is 2.35. The molecular formula is C13H20BrNO2. The Morgan fingerprint density at radius 2 is 1.53 bits per heavy atom. The molecule has 0 spiro atoms. The van der Waals surface area contributed by atoms with Gasteiger partial charge in [0.05, 0.1) is 0 Å². The second kappa shape index (κ2) is 4.59. The molecule has 0 saturated heterocycles. The first kappa shape index (κ1) is 14.5. The molecule has 0 bridgehead atoms. The number of benzene rings is 1. The zero-order chi connectivity index (χ0) is 13.4. The number of hydrogen-bond acceptors (Lipinski definition) is 3. The zero-order valence-electron chi connectivity index (χ0n) is 11.0. The monoisotopic (exact) mass is 301 g/mol. The minimum absolute atomic E-state index is 0.783. The van der Waals surface area contributed by atoms with Crippen LogP contribution < -0.4 is 4.90 Å². The zero-order valence-corrected chi connectivity index (χ0v) is 12.5. The third-order valence-corrected chi connectivity index (χ3v) is 3.38. The van der Waals surface area contributed by atoms with Gasteiger partial charge in [0.25, 0.3) is 0 Å². The van der Waals surface area contributed by atoms with Crippen LogP contribution in [0.1, 0.15) is 33.3 Å². The van der Waals surface area contributed by atoms with E-state index in [1.54, 1.807) is 32.6 Å². The number of hydrogen-bond donors (Lipinski definition) is 2. The van der Waals surface area contributed by atoms with Crippen LogP contribution in [0.25, 0.3) is 0 Å². The molecule has 0 heterocycles. The van der Waals surface area contributed by atoms with Crippen molar-refractivity contribution in [3.63, 3.8) is 0 Å². The molecule has 0 aliphatic carbocycles. The summed E-state index contributed by atoms with van der Waals surface area (Å²) in [7, 11) is 0. The molecule has 96 valence electrons. The van der Waals surface area contributed by atoms with Crippen molar-refractivity contribution in [2.45, 2.75) is 46.1 Å². The fourth-order valence-electron chi connectivity index (χ4n) is 2.07. The van der Waals surface area contributed by atoms with Gasteiger partial charge in [-0.1, -0.05) is 15.9 Å². The predicted molar refractivity (Wildman–Crippen MR) is 74.0 cm³/mol. The number of anilines is 1. The van der Waals surface area contributed by atoms with Gasteiger partial charge in [-0.05, 0) is 58.4 Å². The summed E-state index contributed by atoms with van der Waals surface area (Å²) in [6.45, 7) is 8.59. The molecule has 1 rings (SSSR count). The van der Waals surface area contributed by atoms with Crippen molar-refractivity contribution in [2.24, 2.45) is 0 Å². The van der Waals surface area contributed by atoms with Gasteiger partial charge in [0, 0.05) is 10.2 Å². The molecule has 2 N–H and O–H groups in total. The van der Waals surface area contributed by atoms with E-state index in [0.717, 1.165) is 15.7 Å². The van der Waals surface area contributed by atoms with Gasteiger partial charge < -0.3 is 15.1 Å². The van der Waals surface area contributed by atoms with Gasteiger partial charge in [-0.25, -0.2) is 0 Å². The number of rotatable bonds is 3. The summed E-state index contributed by atoms with van der Waals surface area (Å²) in [5, 5.41) is 20.4. The van der Waals surface area contributed by atoms with Gasteiger partial charge in [-0.2, -0.15) is 0 Å². The summed E-state index contributed by atoms with van der Waals surface area (Å²) in [4.78, 5) is 1.58. The van der Waals surface area contributed by atoms with Crippen LogP contribution in [0.3, 0.4) is 0 Å². The molecule has 0 aliphatic heterocycles. The van der Waals surface area contributed by atoms with Crippen molar-refractivity contribution in [3.05, 3.63) is 28.2 Å². The molecule has 0 saturated carbocycles. The van der Waals surface area contributed by atoms with Gasteiger partial charge in [-0.15, -0.1) is 0 Å². The van der Waals surface area contributed by atoms with Crippen molar-refractivity contribution >= 4 is 21.6 Å². The van der Waals surface area contributed by atoms with Gasteiger partial charge >= 0.3 is 0 Å². The van der Waals surface area contributed by atoms with E-state index in [4.69, 9.17) is 0 Å². The van der Waals surface area contributed by atoms with Crippen LogP contribution in [-0.2, 0) is 0 Å². The van der Waals surface area contributed by atoms with Crippen molar-refractivity contribution in [1.29, 1.82) is 0 Å². The van der Waals surface area contributed by atoms with Crippen LogP contribution in [0.4, 0.5) is 5.69 Å². The average Bonchev–Trinajstić information content (AvgIpc) is 2.06. The normalized spacial score (nSPS) is 12.7. The van der Waals surface area contributed by atoms with E-state index in [0.29, 0.717) is 0 Å². The summed E-state index contributed by atoms with van der Waals surface area (Å²) in [6, 6.07) is 5.71. The SMILES string of the molecule is Cc1cc(N(C(C)(C)O)C(C)(C)O)ccc1Br. The maximum atomic E-state index is 10.2. The molecule has 3 nitrogen and oxygen atoms in total. The van der Waals surface area contributed by atoms with E-state index in [1.807, 2.05) is 25.1 Å². The second-order valence-corrected chi connectivity index (χ2v) is 6.11. The summed E-state index contributed by atoms with van der Waals surface area (Å²) in [5.41, 5.74) is -0.441. The van der Waals surface area contributed by atoms with Gasteiger partial charge in [0.1, 0.15) is 11.4 Å². The van der Waals surface area contributed by atoms with Gasteiger partial charge in [0.2, 0.25) is 0 Å². The Morgan fingerprint density at radius 3 is 1.88 bits per heavy atom. The highest BCUT2D eigenvalue weighted by Crippen LogP contribution is 2.32. The average molecular weight is 302 g/mol. The highest BCUT2D eigenvalue weighted by molar-refractivity contribution is 9.10. The lowest BCUT2D eigenvalue weighted by Gasteiger charge is -2.44. The van der Waals surface area contributed by atoms with Crippen LogP contribution in [0.2, 0.25) is 0 Å². The van der Waals surface area contributed by atoms with Crippen molar-refractivity contribution in [2.75, 3.05) is 4.90 Å². The molecule has 17 heavy (non-hydrogen) atoms. The van der Waals surface area contributed by atoms with Crippen LogP contribution in [0.5, 0.6) is 0 Å². The summed E-state index contributed by atoms with van der Waals surface area (Å²) < 4.78 is 1.01. The van der Waals surface area contributed by atoms with E-state index in [9.17, 15) is 10.2 Å². The predicted octanol–water partition coefficient (Wildman–Crippen LogP) is 3.02. The molecule has 4 heteroatoms. The molecule has 0 amide bonds. The van der Waals surface area contributed by atoms with E-state index < -0.39 is 11.4 Å². The van der Waals surface area contributed by atoms with Crippen LogP contribution >= 0.6 is 15.9 Å². The van der Waals surface area contributed by atoms with Crippen LogP contribution in [-0.4, -0.2) is 21.7 Å². The lowest BCUT2D eigenvalue weighted by atomic mass is 10.1. The maximum absolute atomic E-state index is 10.2. The fourth-order valence-corrected chi connectivity index (χ4v) is 2.32. The van der Waals surface area contributed by atoms with Gasteiger partial charge in [-0.3, -0.25) is 0 Å². The van der Waals surface area contributed by atoms with E-state index in [2.05, 4.69) is 15.9 Å². The molecule has 0 unspecified atom stereocenters. The molecular weight excluding hydrogens is 282 g/mol. The van der Waals surface area contributed by atoms with Crippen LogP contribution in [0, 0.1) is 6.92 Å². The lowest BCUT2D eigenvalue weighted by Crippen LogP contribution is -2.56. The molecule has 0 aromatic heterocycles. The molecule has 0 atom stereocenters. The Hall–Kier alpha value is -0.580. The first-order valence-corrected chi connectivity index (χ1v) is 6.34. The first-order valence-electron chi connectivity index (χ1n) is 5.55. The Kier molecular flexibility index (Phi) is 3.91. The summed E-state index contributed by atoms with van der Waals surface area (Å²) >= 11 is 3.44. The third-order valence-electron chi connectivity index (χ3n) is 2.49. The third kappa shape index (κ3) is 3.44. The quantitative estimate of drug-likeness (QED) is 0.844. The summed E-state index contributed by atoms with van der Waals surface area (Å²) in [5.74, 6) is 0. The van der Waals surface area contributed by atoms with Crippen molar-refractivity contribution < 1.29 is 10.2 Å². The number of aliphatic hydroxyl groups is 2. The second-order valence-electron chi connectivity index (χ2n) is 5.26. The highest BCUT2D eigenvalue weighted by atomic mass is 79.9. The van der Waals surface area contributed by atoms with Crippen molar-refractivity contribution in [1.82, 2.24) is 0 Å². The first-order chi connectivity index (χ1) is 7.53. The van der Waals surface area contributed by atoms with E-state index in [-0.39, 0.29) is 0 Å². The van der Waals surface area contributed by atoms with Crippen LogP contribution in [0.15, 0.2) is 22.7 Å². The van der Waals surface area contributed by atoms with E-state index >= 15 is 0 Å². The van der Waals surface area contributed by atoms with Crippen molar-refractivity contribution in [3.8, 4) is 0 Å². The Bertz CT molecular complexity index is 391. The van der Waals surface area contributed by atoms with Gasteiger partial charge in [0.15, 0.2) is 0 Å². The minimum atomic E-state index is -1.14. The number of halogens is 1. The number of aryl methyl sites for hydroxylation is 1. The standard InChI is InChI=1S/C13H20BrNO2/c1-9-8-10(6-7-11(9)14)15(12(2,3)16)13(4,5)17/h6-8,16-17H,1-5H3. The summed E-state index contributed by atoms with van der Waals surface area (Å²) in [6.07, 6.45) is 0. The maximum Gasteiger partial charge on any atom is 0.134 e. The Morgan fingerprint density at radius 1 is 1.06 bits per heavy atom. The minimum Gasteiger partial charge on any atom is -0.371 e. The van der Waals surface area contributed by atoms with E-state index in [1.165, 1.54) is 0 Å². The molecule has 0 radical (unpaired) electrons. The smallest absolute Gasteiger partial charge is 0.134 e. The molecule has 0 fully saturated rings. The molecule has 1 aromatic rings. The molecule has 1 aromatic carbocycles. The number of nitrogens with zero attached hydrogens (tertiary/aromatic N) is 1. The fraction of sp³-hybridized carbons (Fsp3) is 0.538. The Labute approximate surface area is 111 Å².